The zero-order chi connectivity index (χ0) is 38.8. The molecule has 1 unspecified atom stereocenters. The number of Topliss-reactive ketones (excluding diaryl/α,β-unsaturated/α-hetero) is 1. The number of aliphatic hydroxyl groups excluding tert-OH is 1. The van der Waals surface area contributed by atoms with Crippen molar-refractivity contribution >= 4 is 29.6 Å². The lowest BCUT2D eigenvalue weighted by molar-refractivity contribution is -0.164. The Bertz CT molecular complexity index is 1270. The summed E-state index contributed by atoms with van der Waals surface area (Å²) in [6, 6.07) is -1.20. The Balaban J connectivity index is 3.06. The number of aliphatic hydroxyl groups is 1. The number of esters is 3. The summed E-state index contributed by atoms with van der Waals surface area (Å²) in [7, 11) is 1.17. The number of hydrogen-bond acceptors (Lipinski definition) is 10. The standard InChI is InChI=1S/C41H63NO10/c1-7-9-10-13-16-19-32(44)20-17-14-11-12-15-18-21-34(35(26-27-43)39(47)52-41(3,4)5)38(46)42-36(40(48)51-30-37(45)49-6)29-31-22-24-33(25-23-31)50-28-8-2/h18,21-24,33-36,43H,7,9-17,19-20,25-27,29-30H2,1-6H3,(H,42,46)/b21-18+/t33-,34+,35?,36+/m1/s1. The van der Waals surface area contributed by atoms with E-state index >= 15 is 0 Å². The summed E-state index contributed by atoms with van der Waals surface area (Å²) in [5, 5.41) is 12.6. The maximum absolute atomic E-state index is 14.0. The molecule has 1 aliphatic carbocycles. The number of rotatable bonds is 26. The van der Waals surface area contributed by atoms with Gasteiger partial charge in [0.25, 0.3) is 0 Å². The van der Waals surface area contributed by atoms with Gasteiger partial charge in [0, 0.05) is 39.2 Å². The van der Waals surface area contributed by atoms with Crippen molar-refractivity contribution in [3.8, 4) is 12.0 Å². The number of allylic oxidation sites excluding steroid dienone is 2. The Morgan fingerprint density at radius 2 is 1.67 bits per heavy atom. The first-order valence-electron chi connectivity index (χ1n) is 18.9. The van der Waals surface area contributed by atoms with Crippen LogP contribution in [0.3, 0.4) is 0 Å². The molecule has 0 radical (unpaired) electrons. The molecule has 0 heterocycles. The van der Waals surface area contributed by atoms with Gasteiger partial charge < -0.3 is 29.4 Å². The van der Waals surface area contributed by atoms with Crippen LogP contribution in [0.4, 0.5) is 0 Å². The van der Waals surface area contributed by atoms with Gasteiger partial charge >= 0.3 is 17.9 Å². The van der Waals surface area contributed by atoms with E-state index in [0.717, 1.165) is 44.1 Å². The highest BCUT2D eigenvalue weighted by Crippen LogP contribution is 2.25. The molecule has 0 aliphatic heterocycles. The Morgan fingerprint density at radius 3 is 2.25 bits per heavy atom. The third kappa shape index (κ3) is 20.8. The molecule has 0 saturated heterocycles. The predicted octanol–water partition coefficient (Wildman–Crippen LogP) is 6.61. The molecule has 1 aliphatic rings. The number of ketones is 1. The van der Waals surface area contributed by atoms with Gasteiger partial charge in [-0.1, -0.05) is 75.7 Å². The SMILES string of the molecule is CC#CO[C@@H]1C=CC(C[C@H](NC(=O)[C@@H](/C=C/CCCCCCC(=O)CCCCCCC)C(CCO)C(=O)OC(C)(C)C)C(=O)OCC(=O)OC)=CC1. The Hall–Kier alpha value is -3.91. The van der Waals surface area contributed by atoms with Gasteiger partial charge in [0.1, 0.15) is 29.6 Å². The van der Waals surface area contributed by atoms with Crippen LogP contribution in [0.25, 0.3) is 0 Å². The summed E-state index contributed by atoms with van der Waals surface area (Å²) >= 11 is 0. The summed E-state index contributed by atoms with van der Waals surface area (Å²) in [6.45, 7) is 7.99. The number of hydrogen-bond donors (Lipinski definition) is 2. The number of amides is 1. The molecule has 0 bridgehead atoms. The summed E-state index contributed by atoms with van der Waals surface area (Å²) < 4.78 is 20.8. The minimum Gasteiger partial charge on any atom is -0.466 e. The lowest BCUT2D eigenvalue weighted by atomic mass is 9.87. The first-order valence-corrected chi connectivity index (χ1v) is 18.9. The number of methoxy groups -OCH3 is 1. The van der Waals surface area contributed by atoms with E-state index < -0.39 is 53.9 Å². The fraction of sp³-hybridized carbons (Fsp3) is 0.683. The highest BCUT2D eigenvalue weighted by molar-refractivity contribution is 5.91. The average molecular weight is 730 g/mol. The predicted molar refractivity (Wildman–Crippen MR) is 199 cm³/mol. The normalized spacial score (nSPS) is 15.8. The summed E-state index contributed by atoms with van der Waals surface area (Å²) in [4.78, 5) is 64.5. The van der Waals surface area contributed by atoms with Crippen LogP contribution in [0.1, 0.15) is 131 Å². The van der Waals surface area contributed by atoms with E-state index in [1.807, 2.05) is 12.2 Å². The van der Waals surface area contributed by atoms with Crippen molar-refractivity contribution in [2.24, 2.45) is 11.8 Å². The molecule has 2 N–H and O–H groups in total. The molecule has 1 rings (SSSR count). The molecule has 11 heteroatoms. The van der Waals surface area contributed by atoms with Gasteiger partial charge in [-0.2, -0.15) is 0 Å². The second-order valence-electron chi connectivity index (χ2n) is 14.1. The molecule has 0 saturated carbocycles. The number of unbranched alkanes of at least 4 members (excludes halogenated alkanes) is 8. The second-order valence-corrected chi connectivity index (χ2v) is 14.1. The topological polar surface area (TPSA) is 155 Å². The van der Waals surface area contributed by atoms with Crippen molar-refractivity contribution in [1.29, 1.82) is 0 Å². The molecule has 0 aromatic carbocycles. The largest absolute Gasteiger partial charge is 0.466 e. The van der Waals surface area contributed by atoms with Crippen LogP contribution in [0.15, 0.2) is 36.0 Å². The van der Waals surface area contributed by atoms with Gasteiger partial charge in [-0.15, -0.1) is 0 Å². The van der Waals surface area contributed by atoms with E-state index in [-0.39, 0.29) is 25.6 Å². The molecule has 292 valence electrons. The fourth-order valence-electron chi connectivity index (χ4n) is 5.60. The molecular weight excluding hydrogens is 666 g/mol. The Labute approximate surface area is 311 Å². The van der Waals surface area contributed by atoms with E-state index in [0.29, 0.717) is 31.5 Å². The van der Waals surface area contributed by atoms with E-state index in [1.54, 1.807) is 45.9 Å². The molecule has 0 aromatic rings. The smallest absolute Gasteiger partial charge is 0.344 e. The highest BCUT2D eigenvalue weighted by atomic mass is 16.6. The van der Waals surface area contributed by atoms with Gasteiger partial charge in [-0.3, -0.25) is 14.4 Å². The Kier molecular flexibility index (Phi) is 23.8. The molecular formula is C41H63NO10. The van der Waals surface area contributed by atoms with Crippen molar-refractivity contribution in [3.05, 3.63) is 36.0 Å². The van der Waals surface area contributed by atoms with Crippen LogP contribution in [0, 0.1) is 23.9 Å². The lowest BCUT2D eigenvalue weighted by Crippen LogP contribution is -2.47. The van der Waals surface area contributed by atoms with Crippen LogP contribution in [0.5, 0.6) is 0 Å². The molecule has 0 aromatic heterocycles. The molecule has 52 heavy (non-hydrogen) atoms. The summed E-state index contributed by atoms with van der Waals surface area (Å²) in [5.41, 5.74) is -0.111. The maximum atomic E-state index is 14.0. The van der Waals surface area contributed by atoms with Crippen molar-refractivity contribution < 1.29 is 48.0 Å². The van der Waals surface area contributed by atoms with Gasteiger partial charge in [-0.25, -0.2) is 9.59 Å². The second kappa shape index (κ2) is 26.8. The van der Waals surface area contributed by atoms with Crippen molar-refractivity contribution in [3.63, 3.8) is 0 Å². The van der Waals surface area contributed by atoms with Gasteiger partial charge in [0.15, 0.2) is 6.61 Å². The Morgan fingerprint density at radius 1 is 1.00 bits per heavy atom. The first-order chi connectivity index (χ1) is 24.8. The zero-order valence-corrected chi connectivity index (χ0v) is 32.3. The minimum atomic E-state index is -1.20. The molecule has 4 atom stereocenters. The van der Waals surface area contributed by atoms with Crippen LogP contribution in [0.2, 0.25) is 0 Å². The van der Waals surface area contributed by atoms with Crippen LogP contribution < -0.4 is 5.32 Å². The monoisotopic (exact) mass is 729 g/mol. The van der Waals surface area contributed by atoms with E-state index in [2.05, 4.69) is 29.0 Å². The maximum Gasteiger partial charge on any atom is 0.344 e. The lowest BCUT2D eigenvalue weighted by Gasteiger charge is -2.28. The van der Waals surface area contributed by atoms with Crippen LogP contribution in [-0.2, 0) is 42.9 Å². The molecule has 0 spiro atoms. The van der Waals surface area contributed by atoms with Crippen molar-refractivity contribution in [1.82, 2.24) is 5.32 Å². The number of carbonyl (C=O) groups excluding carboxylic acids is 5. The molecule has 1 amide bonds. The van der Waals surface area contributed by atoms with Crippen molar-refractivity contribution in [2.75, 3.05) is 20.3 Å². The van der Waals surface area contributed by atoms with Crippen LogP contribution in [-0.4, -0.2) is 72.8 Å². The number of nitrogens with one attached hydrogen (secondary N) is 1. The average Bonchev–Trinajstić information content (AvgIpc) is 3.10. The fourth-order valence-corrected chi connectivity index (χ4v) is 5.60. The van der Waals surface area contributed by atoms with Crippen LogP contribution >= 0.6 is 0 Å². The van der Waals surface area contributed by atoms with E-state index in [4.69, 9.17) is 14.2 Å². The highest BCUT2D eigenvalue weighted by Gasteiger charge is 2.37. The summed E-state index contributed by atoms with van der Waals surface area (Å²) in [5.74, 6) is -2.00. The van der Waals surface area contributed by atoms with Gasteiger partial charge in [0.2, 0.25) is 5.91 Å². The zero-order valence-electron chi connectivity index (χ0n) is 32.3. The number of carbonyl (C=O) groups is 5. The third-order valence-electron chi connectivity index (χ3n) is 8.42. The quantitative estimate of drug-likeness (QED) is 0.0327. The summed E-state index contributed by atoms with van der Waals surface area (Å²) in [6.07, 6.45) is 22.8. The minimum absolute atomic E-state index is 0.0443. The van der Waals surface area contributed by atoms with E-state index in [1.165, 1.54) is 26.4 Å². The van der Waals surface area contributed by atoms with E-state index in [9.17, 15) is 29.1 Å². The first kappa shape index (κ1) is 46.1. The van der Waals surface area contributed by atoms with Gasteiger partial charge in [-0.05, 0) is 64.5 Å². The third-order valence-corrected chi connectivity index (χ3v) is 8.42. The number of ether oxygens (including phenoxy) is 4. The molecule has 0 fully saturated rings. The van der Waals surface area contributed by atoms with Crippen molar-refractivity contribution in [2.45, 2.75) is 149 Å². The molecule has 11 nitrogen and oxygen atoms in total. The van der Waals surface area contributed by atoms with Gasteiger partial charge in [0.05, 0.1) is 18.9 Å².